The van der Waals surface area contributed by atoms with Gasteiger partial charge in [0.25, 0.3) is 0 Å². The summed E-state index contributed by atoms with van der Waals surface area (Å²) in [5, 5.41) is 9.03. The molecule has 0 bridgehead atoms. The molecule has 0 spiro atoms. The van der Waals surface area contributed by atoms with Gasteiger partial charge >= 0.3 is 0 Å². The predicted molar refractivity (Wildman–Crippen MR) is 57.6 cm³/mol. The molecule has 1 atom stereocenters. The largest absolute Gasteiger partial charge is 0.304 e. The Labute approximate surface area is 94.5 Å². The minimum absolute atomic E-state index is 0.0179. The average molecular weight is 245 g/mol. The number of thioether (sulfide) groups is 1. The van der Waals surface area contributed by atoms with Gasteiger partial charge in [0.1, 0.15) is 11.1 Å². The van der Waals surface area contributed by atoms with E-state index in [0.717, 1.165) is 11.8 Å². The van der Waals surface area contributed by atoms with Crippen LogP contribution in [0.15, 0.2) is 18.2 Å². The molecule has 1 heterocycles. The van der Waals surface area contributed by atoms with Crippen molar-refractivity contribution < 1.29 is 9.18 Å². The molecule has 2 rings (SSSR count). The number of hydrogen-bond donors (Lipinski definition) is 2. The molecule has 1 unspecified atom stereocenters. The van der Waals surface area contributed by atoms with E-state index in [9.17, 15) is 9.18 Å². The van der Waals surface area contributed by atoms with Crippen LogP contribution >= 0.6 is 23.4 Å². The summed E-state index contributed by atoms with van der Waals surface area (Å²) >= 11 is 6.77. The van der Waals surface area contributed by atoms with E-state index in [2.05, 4.69) is 5.32 Å². The summed E-state index contributed by atoms with van der Waals surface area (Å²) in [6, 6.07) is 4.25. The van der Waals surface area contributed by atoms with Crippen LogP contribution in [0, 0.1) is 11.2 Å². The zero-order valence-electron chi connectivity index (χ0n) is 7.38. The Morgan fingerprint density at radius 1 is 1.53 bits per heavy atom. The van der Waals surface area contributed by atoms with Gasteiger partial charge in [0, 0.05) is 10.6 Å². The zero-order valence-corrected chi connectivity index (χ0v) is 8.95. The third-order valence-corrected chi connectivity index (χ3v) is 3.33. The van der Waals surface area contributed by atoms with Crippen LogP contribution in [0.4, 0.5) is 4.39 Å². The van der Waals surface area contributed by atoms with Crippen LogP contribution in [0.25, 0.3) is 0 Å². The normalized spacial score (nSPS) is 20.5. The molecule has 1 fully saturated rings. The molecule has 6 heteroatoms. The van der Waals surface area contributed by atoms with Crippen molar-refractivity contribution in [1.29, 1.82) is 5.41 Å². The minimum Gasteiger partial charge on any atom is -0.304 e. The smallest absolute Gasteiger partial charge is 0.244 e. The van der Waals surface area contributed by atoms with Crippen LogP contribution in [-0.4, -0.2) is 11.1 Å². The van der Waals surface area contributed by atoms with E-state index in [4.69, 9.17) is 17.0 Å². The molecule has 1 aromatic rings. The molecular weight excluding hydrogens is 239 g/mol. The maximum Gasteiger partial charge on any atom is 0.244 e. The highest BCUT2D eigenvalue weighted by Crippen LogP contribution is 2.38. The maximum atomic E-state index is 13.5. The molecule has 1 amide bonds. The Kier molecular flexibility index (Phi) is 2.67. The van der Waals surface area contributed by atoms with E-state index in [0.29, 0.717) is 0 Å². The van der Waals surface area contributed by atoms with Crippen molar-refractivity contribution in [3.05, 3.63) is 34.6 Å². The molecule has 1 aliphatic heterocycles. The molecule has 0 saturated carbocycles. The van der Waals surface area contributed by atoms with Crippen molar-refractivity contribution in [2.75, 3.05) is 0 Å². The molecule has 1 aromatic carbocycles. The van der Waals surface area contributed by atoms with E-state index < -0.39 is 17.0 Å². The second-order valence-corrected chi connectivity index (χ2v) is 4.47. The highest BCUT2D eigenvalue weighted by atomic mass is 35.5. The van der Waals surface area contributed by atoms with Crippen LogP contribution in [-0.2, 0) is 4.79 Å². The van der Waals surface area contributed by atoms with Crippen molar-refractivity contribution in [2.24, 2.45) is 0 Å². The molecule has 15 heavy (non-hydrogen) atoms. The van der Waals surface area contributed by atoms with Crippen LogP contribution in [0.2, 0.25) is 5.02 Å². The van der Waals surface area contributed by atoms with Gasteiger partial charge in [-0.1, -0.05) is 29.4 Å². The Morgan fingerprint density at radius 2 is 2.27 bits per heavy atom. The lowest BCUT2D eigenvalue weighted by molar-refractivity contribution is -0.118. The zero-order chi connectivity index (χ0) is 11.0. The van der Waals surface area contributed by atoms with Gasteiger partial charge in [-0.3, -0.25) is 10.2 Å². The van der Waals surface area contributed by atoms with Crippen LogP contribution in [0.5, 0.6) is 0 Å². The second kappa shape index (κ2) is 3.83. The van der Waals surface area contributed by atoms with Gasteiger partial charge in [-0.2, -0.15) is 0 Å². The van der Waals surface area contributed by atoms with Crippen molar-refractivity contribution in [2.45, 2.75) is 5.25 Å². The van der Waals surface area contributed by atoms with Gasteiger partial charge in [-0.15, -0.1) is 0 Å². The standard InChI is InChI=1S/C9H6ClFN2OS/c10-4-2-1-3-5(11)6(4)7-8(14)13-9(12)15-7/h1-3,7H,(H2,12,13,14). The van der Waals surface area contributed by atoms with E-state index >= 15 is 0 Å². The van der Waals surface area contributed by atoms with Crippen molar-refractivity contribution in [1.82, 2.24) is 5.32 Å². The molecule has 0 aliphatic carbocycles. The molecular formula is C9H6ClFN2OS. The topological polar surface area (TPSA) is 53.0 Å². The number of halogens is 2. The lowest BCUT2D eigenvalue weighted by Crippen LogP contribution is -2.21. The van der Waals surface area contributed by atoms with Crippen LogP contribution in [0.3, 0.4) is 0 Å². The molecule has 2 N–H and O–H groups in total. The predicted octanol–water partition coefficient (Wildman–Crippen LogP) is 2.32. The molecule has 78 valence electrons. The van der Waals surface area contributed by atoms with Crippen molar-refractivity contribution in [3.8, 4) is 0 Å². The number of amides is 1. The fourth-order valence-corrected chi connectivity index (χ4v) is 2.58. The van der Waals surface area contributed by atoms with E-state index in [1.807, 2.05) is 0 Å². The van der Waals surface area contributed by atoms with Gasteiger partial charge < -0.3 is 5.32 Å². The fourth-order valence-electron chi connectivity index (χ4n) is 1.33. The Bertz CT molecular complexity index is 431. The van der Waals surface area contributed by atoms with E-state index in [1.165, 1.54) is 18.2 Å². The van der Waals surface area contributed by atoms with Crippen molar-refractivity contribution >= 4 is 34.4 Å². The second-order valence-electron chi connectivity index (χ2n) is 2.95. The summed E-state index contributed by atoms with van der Waals surface area (Å²) in [5.74, 6) is -0.929. The van der Waals surface area contributed by atoms with Crippen molar-refractivity contribution in [3.63, 3.8) is 0 Å². The number of carbonyl (C=O) groups excluding carboxylic acids is 1. The van der Waals surface area contributed by atoms with Gasteiger partial charge in [-0.25, -0.2) is 4.39 Å². The Hall–Kier alpha value is -1.07. The maximum absolute atomic E-state index is 13.5. The lowest BCUT2D eigenvalue weighted by Gasteiger charge is -2.08. The number of carbonyl (C=O) groups is 1. The monoisotopic (exact) mass is 244 g/mol. The molecule has 1 saturated heterocycles. The average Bonchev–Trinajstić information content (AvgIpc) is 2.45. The van der Waals surface area contributed by atoms with Crippen LogP contribution in [0.1, 0.15) is 10.8 Å². The lowest BCUT2D eigenvalue weighted by atomic mass is 10.1. The first-order valence-electron chi connectivity index (χ1n) is 4.09. The number of amidine groups is 1. The molecule has 3 nitrogen and oxygen atoms in total. The third kappa shape index (κ3) is 1.85. The first kappa shape index (κ1) is 10.4. The van der Waals surface area contributed by atoms with Gasteiger partial charge in [-0.05, 0) is 12.1 Å². The molecule has 0 radical (unpaired) electrons. The summed E-state index contributed by atoms with van der Waals surface area (Å²) in [6.45, 7) is 0. The minimum atomic E-state index is -0.758. The number of benzene rings is 1. The SMILES string of the molecule is N=C1NC(=O)C(c2c(F)cccc2Cl)S1. The van der Waals surface area contributed by atoms with Gasteiger partial charge in [0.15, 0.2) is 5.17 Å². The quantitative estimate of drug-likeness (QED) is 0.797. The molecule has 0 aromatic heterocycles. The summed E-state index contributed by atoms with van der Waals surface area (Å²) in [4.78, 5) is 11.4. The summed E-state index contributed by atoms with van der Waals surface area (Å²) in [7, 11) is 0. The summed E-state index contributed by atoms with van der Waals surface area (Å²) in [6.07, 6.45) is 0. The first-order chi connectivity index (χ1) is 7.09. The highest BCUT2D eigenvalue weighted by Gasteiger charge is 2.34. The summed E-state index contributed by atoms with van der Waals surface area (Å²) in [5.41, 5.74) is 0.143. The Morgan fingerprint density at radius 3 is 2.80 bits per heavy atom. The number of nitrogens with one attached hydrogen (secondary N) is 2. The Balaban J connectivity index is 2.46. The number of rotatable bonds is 1. The highest BCUT2D eigenvalue weighted by molar-refractivity contribution is 8.15. The van der Waals surface area contributed by atoms with E-state index in [-0.39, 0.29) is 15.8 Å². The summed E-state index contributed by atoms with van der Waals surface area (Å²) < 4.78 is 13.5. The first-order valence-corrected chi connectivity index (χ1v) is 5.35. The van der Waals surface area contributed by atoms with Crippen LogP contribution < -0.4 is 5.32 Å². The fraction of sp³-hybridized carbons (Fsp3) is 0.111. The van der Waals surface area contributed by atoms with Gasteiger partial charge in [0.2, 0.25) is 5.91 Å². The van der Waals surface area contributed by atoms with Gasteiger partial charge in [0.05, 0.1) is 0 Å². The van der Waals surface area contributed by atoms with E-state index in [1.54, 1.807) is 0 Å². The number of hydrogen-bond acceptors (Lipinski definition) is 3. The third-order valence-electron chi connectivity index (χ3n) is 1.97. The molecule has 1 aliphatic rings.